The minimum Gasteiger partial charge on any atom is -0.368 e. The van der Waals surface area contributed by atoms with Crippen molar-refractivity contribution in [1.82, 2.24) is 15.5 Å². The first kappa shape index (κ1) is 11.3. The van der Waals surface area contributed by atoms with Gasteiger partial charge in [-0.1, -0.05) is 6.92 Å². The van der Waals surface area contributed by atoms with Crippen LogP contribution in [-0.4, -0.2) is 29.8 Å². The lowest BCUT2D eigenvalue weighted by molar-refractivity contribution is 0.389. The molecule has 1 saturated heterocycles. The predicted octanol–water partition coefficient (Wildman–Crippen LogP) is 1.45. The second kappa shape index (κ2) is 5.80. The number of aromatic nitrogens is 2. The average molecular weight is 220 g/mol. The SMILES string of the molecule is CCc1ccc(NCC2CCNCC2)nn1. The van der Waals surface area contributed by atoms with Crippen LogP contribution in [0.5, 0.6) is 0 Å². The van der Waals surface area contributed by atoms with Gasteiger partial charge in [0.1, 0.15) is 5.82 Å². The molecule has 0 amide bonds. The summed E-state index contributed by atoms with van der Waals surface area (Å²) >= 11 is 0. The van der Waals surface area contributed by atoms with Crippen molar-refractivity contribution < 1.29 is 0 Å². The highest BCUT2D eigenvalue weighted by Gasteiger charge is 2.12. The summed E-state index contributed by atoms with van der Waals surface area (Å²) in [7, 11) is 0. The van der Waals surface area contributed by atoms with Crippen LogP contribution in [0.15, 0.2) is 12.1 Å². The van der Waals surface area contributed by atoms with E-state index in [0.29, 0.717) is 0 Å². The maximum Gasteiger partial charge on any atom is 0.148 e. The molecule has 4 nitrogen and oxygen atoms in total. The van der Waals surface area contributed by atoms with Crippen molar-refractivity contribution in [3.05, 3.63) is 17.8 Å². The third kappa shape index (κ3) is 3.17. The van der Waals surface area contributed by atoms with Crippen LogP contribution in [0.4, 0.5) is 5.82 Å². The molecule has 0 saturated carbocycles. The molecule has 2 rings (SSSR count). The zero-order chi connectivity index (χ0) is 11.2. The van der Waals surface area contributed by atoms with Crippen LogP contribution in [0.1, 0.15) is 25.5 Å². The van der Waals surface area contributed by atoms with E-state index in [2.05, 4.69) is 27.8 Å². The normalized spacial score (nSPS) is 17.3. The fourth-order valence-corrected chi connectivity index (χ4v) is 1.98. The molecule has 0 spiro atoms. The summed E-state index contributed by atoms with van der Waals surface area (Å²) in [5, 5.41) is 15.0. The molecular weight excluding hydrogens is 200 g/mol. The van der Waals surface area contributed by atoms with Gasteiger partial charge in [-0.05, 0) is 50.4 Å². The fourth-order valence-electron chi connectivity index (χ4n) is 1.98. The summed E-state index contributed by atoms with van der Waals surface area (Å²) in [6.07, 6.45) is 3.46. The lowest BCUT2D eigenvalue weighted by Gasteiger charge is -2.22. The molecule has 2 N–H and O–H groups in total. The maximum absolute atomic E-state index is 4.16. The molecule has 0 aliphatic carbocycles. The van der Waals surface area contributed by atoms with Gasteiger partial charge in [0.2, 0.25) is 0 Å². The van der Waals surface area contributed by atoms with Gasteiger partial charge < -0.3 is 10.6 Å². The number of aryl methyl sites for hydroxylation is 1. The Morgan fingerprint density at radius 2 is 2.12 bits per heavy atom. The van der Waals surface area contributed by atoms with Crippen LogP contribution < -0.4 is 10.6 Å². The van der Waals surface area contributed by atoms with E-state index in [4.69, 9.17) is 0 Å². The second-order valence-electron chi connectivity index (χ2n) is 4.34. The molecule has 0 unspecified atom stereocenters. The molecule has 88 valence electrons. The zero-order valence-electron chi connectivity index (χ0n) is 9.87. The van der Waals surface area contributed by atoms with Gasteiger partial charge in [-0.2, -0.15) is 5.10 Å². The molecule has 0 bridgehead atoms. The first-order valence-corrected chi connectivity index (χ1v) is 6.15. The summed E-state index contributed by atoms with van der Waals surface area (Å²) in [6.45, 7) is 5.40. The third-order valence-electron chi connectivity index (χ3n) is 3.11. The van der Waals surface area contributed by atoms with Crippen molar-refractivity contribution >= 4 is 5.82 Å². The van der Waals surface area contributed by atoms with E-state index in [1.165, 1.54) is 12.8 Å². The fraction of sp³-hybridized carbons (Fsp3) is 0.667. The number of piperidine rings is 1. The topological polar surface area (TPSA) is 49.8 Å². The van der Waals surface area contributed by atoms with Crippen molar-refractivity contribution in [2.75, 3.05) is 25.0 Å². The number of anilines is 1. The Hall–Kier alpha value is -1.16. The smallest absolute Gasteiger partial charge is 0.148 e. The van der Waals surface area contributed by atoms with E-state index in [1.54, 1.807) is 0 Å². The van der Waals surface area contributed by atoms with Crippen molar-refractivity contribution in [1.29, 1.82) is 0 Å². The molecule has 0 radical (unpaired) electrons. The highest BCUT2D eigenvalue weighted by atomic mass is 15.2. The second-order valence-corrected chi connectivity index (χ2v) is 4.34. The molecular formula is C12H20N4. The molecule has 1 aromatic heterocycles. The summed E-state index contributed by atoms with van der Waals surface area (Å²) < 4.78 is 0. The van der Waals surface area contributed by atoms with Gasteiger partial charge in [-0.3, -0.25) is 0 Å². The molecule has 2 heterocycles. The number of nitrogens with zero attached hydrogens (tertiary/aromatic N) is 2. The molecule has 16 heavy (non-hydrogen) atoms. The van der Waals surface area contributed by atoms with Crippen LogP contribution in [-0.2, 0) is 6.42 Å². The quantitative estimate of drug-likeness (QED) is 0.806. The number of nitrogens with one attached hydrogen (secondary N) is 2. The monoisotopic (exact) mass is 220 g/mol. The van der Waals surface area contributed by atoms with E-state index in [0.717, 1.165) is 43.5 Å². The van der Waals surface area contributed by atoms with E-state index >= 15 is 0 Å². The van der Waals surface area contributed by atoms with Gasteiger partial charge in [0.25, 0.3) is 0 Å². The van der Waals surface area contributed by atoms with Gasteiger partial charge in [0.05, 0.1) is 5.69 Å². The van der Waals surface area contributed by atoms with Crippen LogP contribution in [0.25, 0.3) is 0 Å². The van der Waals surface area contributed by atoms with Crippen LogP contribution >= 0.6 is 0 Å². The van der Waals surface area contributed by atoms with Crippen LogP contribution in [0, 0.1) is 5.92 Å². The Balaban J connectivity index is 1.79. The summed E-state index contributed by atoms with van der Waals surface area (Å²) in [4.78, 5) is 0. The van der Waals surface area contributed by atoms with Gasteiger partial charge in [0.15, 0.2) is 0 Å². The zero-order valence-corrected chi connectivity index (χ0v) is 9.87. The summed E-state index contributed by atoms with van der Waals surface area (Å²) in [5.74, 6) is 1.67. The van der Waals surface area contributed by atoms with Gasteiger partial charge in [-0.25, -0.2) is 0 Å². The van der Waals surface area contributed by atoms with Gasteiger partial charge in [-0.15, -0.1) is 5.10 Å². The standard InChI is InChI=1S/C12H20N4/c1-2-11-3-4-12(16-15-11)14-9-10-5-7-13-8-6-10/h3-4,10,13H,2,5-9H2,1H3,(H,14,16). The highest BCUT2D eigenvalue weighted by Crippen LogP contribution is 2.12. The van der Waals surface area contributed by atoms with Crippen molar-refractivity contribution in [3.63, 3.8) is 0 Å². The molecule has 0 aromatic carbocycles. The predicted molar refractivity (Wildman–Crippen MR) is 65.5 cm³/mol. The minimum absolute atomic E-state index is 0.772. The Labute approximate surface area is 96.9 Å². The van der Waals surface area contributed by atoms with Crippen molar-refractivity contribution in [2.45, 2.75) is 26.2 Å². The molecule has 1 fully saturated rings. The largest absolute Gasteiger partial charge is 0.368 e. The summed E-state index contributed by atoms with van der Waals surface area (Å²) in [6, 6.07) is 4.06. The lowest BCUT2D eigenvalue weighted by atomic mass is 9.98. The van der Waals surface area contributed by atoms with Gasteiger partial charge >= 0.3 is 0 Å². The maximum atomic E-state index is 4.16. The lowest BCUT2D eigenvalue weighted by Crippen LogP contribution is -2.31. The van der Waals surface area contributed by atoms with Crippen molar-refractivity contribution in [2.24, 2.45) is 5.92 Å². The van der Waals surface area contributed by atoms with E-state index in [9.17, 15) is 0 Å². The minimum atomic E-state index is 0.772. The first-order chi connectivity index (χ1) is 7.88. The molecule has 0 atom stereocenters. The number of hydrogen-bond acceptors (Lipinski definition) is 4. The van der Waals surface area contributed by atoms with Crippen LogP contribution in [0.3, 0.4) is 0 Å². The Bertz CT molecular complexity index is 303. The average Bonchev–Trinajstić information content (AvgIpc) is 2.38. The van der Waals surface area contributed by atoms with Crippen LogP contribution in [0.2, 0.25) is 0 Å². The Morgan fingerprint density at radius 3 is 2.75 bits per heavy atom. The molecule has 4 heteroatoms. The van der Waals surface area contributed by atoms with E-state index < -0.39 is 0 Å². The first-order valence-electron chi connectivity index (χ1n) is 6.15. The molecule has 1 aliphatic heterocycles. The van der Waals surface area contributed by atoms with E-state index in [1.807, 2.05) is 12.1 Å². The van der Waals surface area contributed by atoms with E-state index in [-0.39, 0.29) is 0 Å². The van der Waals surface area contributed by atoms with Gasteiger partial charge in [0, 0.05) is 6.54 Å². The molecule has 1 aromatic rings. The number of rotatable bonds is 4. The highest BCUT2D eigenvalue weighted by molar-refractivity contribution is 5.32. The Kier molecular flexibility index (Phi) is 4.10. The summed E-state index contributed by atoms with van der Waals surface area (Å²) in [5.41, 5.74) is 1.05. The Morgan fingerprint density at radius 1 is 1.31 bits per heavy atom. The molecule has 1 aliphatic rings. The number of hydrogen-bond donors (Lipinski definition) is 2. The third-order valence-corrected chi connectivity index (χ3v) is 3.11. The van der Waals surface area contributed by atoms with Crippen molar-refractivity contribution in [3.8, 4) is 0 Å².